The first-order valence-corrected chi connectivity index (χ1v) is 6.43. The van der Waals surface area contributed by atoms with Gasteiger partial charge in [0.15, 0.2) is 5.15 Å². The lowest BCUT2D eigenvalue weighted by molar-refractivity contribution is 0.192. The third-order valence-electron chi connectivity index (χ3n) is 2.89. The molecule has 2 unspecified atom stereocenters. The van der Waals surface area contributed by atoms with Crippen molar-refractivity contribution in [3.8, 4) is 5.75 Å². The molecule has 0 aliphatic rings. The lowest BCUT2D eigenvalue weighted by Gasteiger charge is -2.13. The van der Waals surface area contributed by atoms with Gasteiger partial charge in [0.25, 0.3) is 0 Å². The van der Waals surface area contributed by atoms with E-state index in [1.165, 1.54) is 6.20 Å². The smallest absolute Gasteiger partial charge is 0.153 e. The molecule has 2 atom stereocenters. The van der Waals surface area contributed by atoms with Crippen molar-refractivity contribution in [3.05, 3.63) is 52.6 Å². The number of hydrogen-bond donors (Lipinski definition) is 2. The van der Waals surface area contributed by atoms with E-state index in [4.69, 9.17) is 16.3 Å². The Morgan fingerprint density at radius 3 is 2.35 bits per heavy atom. The van der Waals surface area contributed by atoms with E-state index in [9.17, 15) is 10.2 Å². The Morgan fingerprint density at radius 1 is 1.20 bits per heavy atom. The molecular formula is C14H15ClN2O3. The van der Waals surface area contributed by atoms with Crippen molar-refractivity contribution in [2.75, 3.05) is 7.11 Å². The lowest BCUT2D eigenvalue weighted by atomic mass is 10.1. The summed E-state index contributed by atoms with van der Waals surface area (Å²) in [6.45, 7) is 1.57. The fourth-order valence-corrected chi connectivity index (χ4v) is 1.97. The monoisotopic (exact) mass is 294 g/mol. The molecule has 0 amide bonds. The van der Waals surface area contributed by atoms with Gasteiger partial charge in [-0.15, -0.1) is 0 Å². The minimum Gasteiger partial charge on any atom is -0.497 e. The SMILES string of the molecule is COc1ccc(C(O)c2ncc(C(C)O)nc2Cl)cc1. The fraction of sp³-hybridized carbons (Fsp3) is 0.286. The highest BCUT2D eigenvalue weighted by molar-refractivity contribution is 6.30. The fourth-order valence-electron chi connectivity index (χ4n) is 1.72. The van der Waals surface area contributed by atoms with Crippen molar-refractivity contribution in [3.63, 3.8) is 0 Å². The van der Waals surface area contributed by atoms with Crippen LogP contribution < -0.4 is 4.74 Å². The first kappa shape index (κ1) is 14.7. The van der Waals surface area contributed by atoms with Gasteiger partial charge in [0.2, 0.25) is 0 Å². The molecule has 0 fully saturated rings. The summed E-state index contributed by atoms with van der Waals surface area (Å²) in [6, 6.07) is 6.93. The van der Waals surface area contributed by atoms with Crippen LogP contribution in [0.25, 0.3) is 0 Å². The highest BCUT2D eigenvalue weighted by Crippen LogP contribution is 2.27. The molecule has 0 aliphatic carbocycles. The molecule has 2 aromatic rings. The summed E-state index contributed by atoms with van der Waals surface area (Å²) >= 11 is 6.01. The van der Waals surface area contributed by atoms with E-state index in [1.807, 2.05) is 0 Å². The summed E-state index contributed by atoms with van der Waals surface area (Å²) in [5.41, 5.74) is 1.24. The molecule has 1 aromatic carbocycles. The zero-order valence-electron chi connectivity index (χ0n) is 11.1. The minimum atomic E-state index is -0.982. The van der Waals surface area contributed by atoms with Gasteiger partial charge in [0.1, 0.15) is 17.5 Å². The van der Waals surface area contributed by atoms with Crippen LogP contribution in [-0.4, -0.2) is 27.3 Å². The van der Waals surface area contributed by atoms with Crippen molar-refractivity contribution in [2.45, 2.75) is 19.1 Å². The number of benzene rings is 1. The van der Waals surface area contributed by atoms with Crippen LogP contribution in [0.2, 0.25) is 5.15 Å². The highest BCUT2D eigenvalue weighted by Gasteiger charge is 2.18. The van der Waals surface area contributed by atoms with Crippen molar-refractivity contribution in [1.82, 2.24) is 9.97 Å². The summed E-state index contributed by atoms with van der Waals surface area (Å²) in [7, 11) is 1.57. The van der Waals surface area contributed by atoms with Crippen LogP contribution in [0.3, 0.4) is 0 Å². The molecule has 0 saturated heterocycles. The van der Waals surface area contributed by atoms with Crippen LogP contribution >= 0.6 is 11.6 Å². The number of aromatic nitrogens is 2. The van der Waals surface area contributed by atoms with Crippen LogP contribution in [0, 0.1) is 0 Å². The first-order chi connectivity index (χ1) is 9.52. The summed E-state index contributed by atoms with van der Waals surface area (Å²) in [5.74, 6) is 0.697. The van der Waals surface area contributed by atoms with Crippen LogP contribution in [0.5, 0.6) is 5.75 Å². The number of ether oxygens (including phenoxy) is 1. The normalized spacial score (nSPS) is 13.8. The van der Waals surface area contributed by atoms with Crippen molar-refractivity contribution >= 4 is 11.6 Å². The third-order valence-corrected chi connectivity index (χ3v) is 3.17. The summed E-state index contributed by atoms with van der Waals surface area (Å²) < 4.78 is 5.06. The second-order valence-corrected chi connectivity index (χ2v) is 4.68. The Morgan fingerprint density at radius 2 is 1.85 bits per heavy atom. The molecule has 0 aliphatic heterocycles. The molecule has 0 saturated carbocycles. The van der Waals surface area contributed by atoms with Gasteiger partial charge in [0, 0.05) is 0 Å². The number of methoxy groups -OCH3 is 1. The van der Waals surface area contributed by atoms with E-state index < -0.39 is 12.2 Å². The Hall–Kier alpha value is -1.69. The Labute approximate surface area is 121 Å². The maximum absolute atomic E-state index is 10.3. The molecule has 6 heteroatoms. The molecule has 1 aromatic heterocycles. The molecule has 5 nitrogen and oxygen atoms in total. The molecule has 1 heterocycles. The summed E-state index contributed by atoms with van der Waals surface area (Å²) in [5, 5.41) is 19.8. The molecule has 0 spiro atoms. The number of nitrogens with zero attached hydrogens (tertiary/aromatic N) is 2. The minimum absolute atomic E-state index is 0.0757. The first-order valence-electron chi connectivity index (χ1n) is 6.05. The Balaban J connectivity index is 2.30. The van der Waals surface area contributed by atoms with Crippen molar-refractivity contribution in [1.29, 1.82) is 0 Å². The van der Waals surface area contributed by atoms with E-state index in [0.717, 1.165) is 0 Å². The molecule has 2 rings (SSSR count). The van der Waals surface area contributed by atoms with Gasteiger partial charge in [0.05, 0.1) is 25.1 Å². The summed E-state index contributed by atoms with van der Waals surface area (Å²) in [6.07, 6.45) is -0.338. The number of aliphatic hydroxyl groups is 2. The standard InChI is InChI=1S/C14H15ClN2O3/c1-8(18)11-7-16-12(14(15)17-11)13(19)9-3-5-10(20-2)6-4-9/h3-8,13,18-19H,1-2H3. The van der Waals surface area contributed by atoms with E-state index in [0.29, 0.717) is 17.0 Å². The largest absolute Gasteiger partial charge is 0.497 e. The van der Waals surface area contributed by atoms with Gasteiger partial charge in [-0.05, 0) is 24.6 Å². The van der Waals surface area contributed by atoms with E-state index in [-0.39, 0.29) is 10.8 Å². The molecule has 106 valence electrons. The predicted molar refractivity (Wildman–Crippen MR) is 74.7 cm³/mol. The number of halogens is 1. The second-order valence-electron chi connectivity index (χ2n) is 4.32. The zero-order valence-corrected chi connectivity index (χ0v) is 11.9. The van der Waals surface area contributed by atoms with Crippen molar-refractivity contribution in [2.24, 2.45) is 0 Å². The van der Waals surface area contributed by atoms with Crippen molar-refractivity contribution < 1.29 is 14.9 Å². The number of aliphatic hydroxyl groups excluding tert-OH is 2. The quantitative estimate of drug-likeness (QED) is 0.905. The van der Waals surface area contributed by atoms with Crippen LogP contribution in [-0.2, 0) is 0 Å². The maximum atomic E-state index is 10.3. The second kappa shape index (κ2) is 6.17. The molecule has 20 heavy (non-hydrogen) atoms. The van der Waals surface area contributed by atoms with Gasteiger partial charge < -0.3 is 14.9 Å². The zero-order chi connectivity index (χ0) is 14.7. The average Bonchev–Trinajstić information content (AvgIpc) is 2.46. The Bertz CT molecular complexity index is 587. The van der Waals surface area contributed by atoms with Gasteiger partial charge in [-0.25, -0.2) is 4.98 Å². The third kappa shape index (κ3) is 3.07. The number of rotatable bonds is 4. The van der Waals surface area contributed by atoms with Gasteiger partial charge in [-0.3, -0.25) is 4.98 Å². The van der Waals surface area contributed by atoms with Crippen LogP contribution in [0.15, 0.2) is 30.5 Å². The predicted octanol–water partition coefficient (Wildman–Crippen LogP) is 2.27. The van der Waals surface area contributed by atoms with Crippen LogP contribution in [0.4, 0.5) is 0 Å². The number of hydrogen-bond acceptors (Lipinski definition) is 5. The van der Waals surface area contributed by atoms with E-state index >= 15 is 0 Å². The van der Waals surface area contributed by atoms with E-state index in [1.54, 1.807) is 38.3 Å². The maximum Gasteiger partial charge on any atom is 0.153 e. The molecule has 0 bridgehead atoms. The summed E-state index contributed by atoms with van der Waals surface area (Å²) in [4.78, 5) is 8.10. The average molecular weight is 295 g/mol. The topological polar surface area (TPSA) is 75.5 Å². The van der Waals surface area contributed by atoms with Gasteiger partial charge in [-0.2, -0.15) is 0 Å². The van der Waals surface area contributed by atoms with Crippen LogP contribution in [0.1, 0.15) is 36.1 Å². The molecular weight excluding hydrogens is 280 g/mol. The highest BCUT2D eigenvalue weighted by atomic mass is 35.5. The van der Waals surface area contributed by atoms with E-state index in [2.05, 4.69) is 9.97 Å². The van der Waals surface area contributed by atoms with Gasteiger partial charge >= 0.3 is 0 Å². The molecule has 0 radical (unpaired) electrons. The van der Waals surface area contributed by atoms with Gasteiger partial charge in [-0.1, -0.05) is 23.7 Å². The Kier molecular flexibility index (Phi) is 4.54. The lowest BCUT2D eigenvalue weighted by Crippen LogP contribution is -2.07. The molecule has 2 N–H and O–H groups in total.